The van der Waals surface area contributed by atoms with E-state index in [0.717, 1.165) is 12.8 Å². The van der Waals surface area contributed by atoms with E-state index in [9.17, 15) is 4.79 Å². The number of amides is 1. The van der Waals surface area contributed by atoms with Crippen LogP contribution in [0.25, 0.3) is 0 Å². The lowest BCUT2D eigenvalue weighted by Crippen LogP contribution is -2.33. The van der Waals surface area contributed by atoms with E-state index >= 15 is 0 Å². The van der Waals surface area contributed by atoms with Crippen LogP contribution >= 0.6 is 11.3 Å². The van der Waals surface area contributed by atoms with E-state index in [1.165, 1.54) is 4.88 Å². The third-order valence-corrected chi connectivity index (χ3v) is 3.55. The standard InChI is InChI=1S/C13H22N2O2S/c1-17-9-8-15(11-12-5-4-10-18-12)13(16)6-2-3-7-14/h4-5,10H,2-3,6-9,11,14H2,1H3. The van der Waals surface area contributed by atoms with Crippen LogP contribution in [-0.4, -0.2) is 37.6 Å². The molecule has 0 fully saturated rings. The summed E-state index contributed by atoms with van der Waals surface area (Å²) in [5.41, 5.74) is 5.44. The topological polar surface area (TPSA) is 55.6 Å². The number of hydrogen-bond donors (Lipinski definition) is 1. The minimum atomic E-state index is 0.189. The number of carbonyl (C=O) groups excluding carboxylic acids is 1. The van der Waals surface area contributed by atoms with Crippen molar-refractivity contribution in [3.8, 4) is 0 Å². The highest BCUT2D eigenvalue weighted by Crippen LogP contribution is 2.13. The zero-order valence-corrected chi connectivity index (χ0v) is 11.7. The molecular formula is C13H22N2O2S. The lowest BCUT2D eigenvalue weighted by molar-refractivity contribution is -0.132. The first-order chi connectivity index (χ1) is 8.77. The summed E-state index contributed by atoms with van der Waals surface area (Å²) < 4.78 is 5.06. The van der Waals surface area contributed by atoms with Crippen molar-refractivity contribution in [1.82, 2.24) is 4.90 Å². The molecule has 1 amide bonds. The third-order valence-electron chi connectivity index (χ3n) is 2.69. The van der Waals surface area contributed by atoms with Crippen LogP contribution in [0.4, 0.5) is 0 Å². The van der Waals surface area contributed by atoms with E-state index in [0.29, 0.717) is 32.7 Å². The van der Waals surface area contributed by atoms with Gasteiger partial charge in [-0.3, -0.25) is 4.79 Å². The van der Waals surface area contributed by atoms with Crippen molar-refractivity contribution >= 4 is 17.2 Å². The molecule has 0 unspecified atom stereocenters. The Hall–Kier alpha value is -0.910. The normalized spacial score (nSPS) is 10.6. The van der Waals surface area contributed by atoms with Crippen molar-refractivity contribution in [3.05, 3.63) is 22.4 Å². The van der Waals surface area contributed by atoms with Crippen LogP contribution in [0.2, 0.25) is 0 Å². The minimum absolute atomic E-state index is 0.189. The summed E-state index contributed by atoms with van der Waals surface area (Å²) in [6.45, 7) is 2.56. The molecule has 1 aromatic heterocycles. The molecule has 18 heavy (non-hydrogen) atoms. The minimum Gasteiger partial charge on any atom is -0.383 e. The highest BCUT2D eigenvalue weighted by atomic mass is 32.1. The van der Waals surface area contributed by atoms with Crippen LogP contribution in [0.1, 0.15) is 24.1 Å². The summed E-state index contributed by atoms with van der Waals surface area (Å²) in [4.78, 5) is 15.2. The van der Waals surface area contributed by atoms with Gasteiger partial charge < -0.3 is 15.4 Å². The Balaban J connectivity index is 2.45. The summed E-state index contributed by atoms with van der Waals surface area (Å²) >= 11 is 1.68. The molecule has 5 heteroatoms. The SMILES string of the molecule is COCCN(Cc1cccs1)C(=O)CCCCN. The average molecular weight is 270 g/mol. The van der Waals surface area contributed by atoms with Crippen LogP contribution in [0.3, 0.4) is 0 Å². The Kier molecular flexibility index (Phi) is 7.64. The van der Waals surface area contributed by atoms with Gasteiger partial charge in [0.05, 0.1) is 13.2 Å². The van der Waals surface area contributed by atoms with Gasteiger partial charge >= 0.3 is 0 Å². The molecule has 1 aromatic rings. The number of nitrogens with zero attached hydrogens (tertiary/aromatic N) is 1. The monoisotopic (exact) mass is 270 g/mol. The zero-order chi connectivity index (χ0) is 13.2. The van der Waals surface area contributed by atoms with Gasteiger partial charge in [0.15, 0.2) is 0 Å². The third kappa shape index (κ3) is 5.62. The van der Waals surface area contributed by atoms with Crippen LogP contribution in [-0.2, 0) is 16.1 Å². The Morgan fingerprint density at radius 1 is 1.50 bits per heavy atom. The molecule has 2 N–H and O–H groups in total. The average Bonchev–Trinajstić information content (AvgIpc) is 2.87. The van der Waals surface area contributed by atoms with Gasteiger partial charge in [-0.25, -0.2) is 0 Å². The van der Waals surface area contributed by atoms with Gasteiger partial charge in [-0.1, -0.05) is 6.07 Å². The molecule has 0 aromatic carbocycles. The van der Waals surface area contributed by atoms with E-state index < -0.39 is 0 Å². The number of ether oxygens (including phenoxy) is 1. The maximum Gasteiger partial charge on any atom is 0.222 e. The second-order valence-corrected chi connectivity index (χ2v) is 5.17. The number of rotatable bonds is 9. The summed E-state index contributed by atoms with van der Waals surface area (Å²) in [5.74, 6) is 0.189. The first-order valence-electron chi connectivity index (χ1n) is 6.27. The summed E-state index contributed by atoms with van der Waals surface area (Å²) in [5, 5.41) is 2.03. The summed E-state index contributed by atoms with van der Waals surface area (Å²) in [6, 6.07) is 4.06. The number of nitrogens with two attached hydrogens (primary N) is 1. The maximum absolute atomic E-state index is 12.1. The van der Waals surface area contributed by atoms with Crippen molar-refractivity contribution in [3.63, 3.8) is 0 Å². The number of methoxy groups -OCH3 is 1. The van der Waals surface area contributed by atoms with E-state index in [4.69, 9.17) is 10.5 Å². The highest BCUT2D eigenvalue weighted by molar-refractivity contribution is 7.09. The van der Waals surface area contributed by atoms with Gasteiger partial charge in [-0.2, -0.15) is 0 Å². The zero-order valence-electron chi connectivity index (χ0n) is 10.9. The van der Waals surface area contributed by atoms with Crippen molar-refractivity contribution in [1.29, 1.82) is 0 Å². The number of unbranched alkanes of at least 4 members (excludes halogenated alkanes) is 1. The fourth-order valence-electron chi connectivity index (χ4n) is 1.66. The summed E-state index contributed by atoms with van der Waals surface area (Å²) in [6.07, 6.45) is 2.35. The molecular weight excluding hydrogens is 248 g/mol. The van der Waals surface area contributed by atoms with Gasteiger partial charge in [-0.05, 0) is 30.8 Å². The molecule has 0 atom stereocenters. The molecule has 0 aliphatic carbocycles. The fourth-order valence-corrected chi connectivity index (χ4v) is 2.38. The Morgan fingerprint density at radius 2 is 2.33 bits per heavy atom. The first-order valence-corrected chi connectivity index (χ1v) is 7.15. The Labute approximate surface area is 113 Å². The molecule has 4 nitrogen and oxygen atoms in total. The number of hydrogen-bond acceptors (Lipinski definition) is 4. The summed E-state index contributed by atoms with van der Waals surface area (Å²) in [7, 11) is 1.65. The van der Waals surface area contributed by atoms with Crippen molar-refractivity contribution in [2.75, 3.05) is 26.8 Å². The largest absolute Gasteiger partial charge is 0.383 e. The molecule has 0 aliphatic rings. The Morgan fingerprint density at radius 3 is 2.94 bits per heavy atom. The molecule has 0 radical (unpaired) electrons. The lowest BCUT2D eigenvalue weighted by Gasteiger charge is -2.21. The van der Waals surface area contributed by atoms with Gasteiger partial charge in [0.25, 0.3) is 0 Å². The molecule has 1 heterocycles. The second-order valence-electron chi connectivity index (χ2n) is 4.13. The molecule has 0 saturated carbocycles. The predicted molar refractivity (Wildman–Crippen MR) is 74.5 cm³/mol. The van der Waals surface area contributed by atoms with E-state index in [-0.39, 0.29) is 5.91 Å². The van der Waals surface area contributed by atoms with Crippen LogP contribution in [0.5, 0.6) is 0 Å². The number of carbonyl (C=O) groups is 1. The molecule has 102 valence electrons. The molecule has 0 aliphatic heterocycles. The van der Waals surface area contributed by atoms with Crippen LogP contribution < -0.4 is 5.73 Å². The van der Waals surface area contributed by atoms with Gasteiger partial charge in [0.2, 0.25) is 5.91 Å². The maximum atomic E-state index is 12.1. The van der Waals surface area contributed by atoms with E-state index in [2.05, 4.69) is 6.07 Å². The molecule has 0 spiro atoms. The lowest BCUT2D eigenvalue weighted by atomic mass is 10.2. The van der Waals surface area contributed by atoms with Crippen molar-refractivity contribution < 1.29 is 9.53 Å². The molecule has 0 bridgehead atoms. The smallest absolute Gasteiger partial charge is 0.222 e. The van der Waals surface area contributed by atoms with Gasteiger partial charge in [-0.15, -0.1) is 11.3 Å². The number of thiophene rings is 1. The molecule has 1 rings (SSSR count). The van der Waals surface area contributed by atoms with E-state index in [1.54, 1.807) is 18.4 Å². The fraction of sp³-hybridized carbons (Fsp3) is 0.615. The highest BCUT2D eigenvalue weighted by Gasteiger charge is 2.13. The van der Waals surface area contributed by atoms with Crippen LogP contribution in [0.15, 0.2) is 17.5 Å². The van der Waals surface area contributed by atoms with Crippen molar-refractivity contribution in [2.45, 2.75) is 25.8 Å². The van der Waals surface area contributed by atoms with Crippen molar-refractivity contribution in [2.24, 2.45) is 5.73 Å². The first kappa shape index (κ1) is 15.1. The van der Waals surface area contributed by atoms with Gasteiger partial charge in [0, 0.05) is 25.0 Å². The molecule has 0 saturated heterocycles. The second kappa shape index (κ2) is 9.08. The quantitative estimate of drug-likeness (QED) is 0.697. The Bertz CT molecular complexity index is 328. The van der Waals surface area contributed by atoms with Crippen LogP contribution in [0, 0.1) is 0 Å². The predicted octanol–water partition coefficient (Wildman–Crippen LogP) is 1.85. The van der Waals surface area contributed by atoms with Gasteiger partial charge in [0.1, 0.15) is 0 Å². The van der Waals surface area contributed by atoms with E-state index in [1.807, 2.05) is 16.3 Å².